The predicted molar refractivity (Wildman–Crippen MR) is 66.3 cm³/mol. The summed E-state index contributed by atoms with van der Waals surface area (Å²) in [7, 11) is 0. The highest BCUT2D eigenvalue weighted by molar-refractivity contribution is 5.69. The third-order valence-corrected chi connectivity index (χ3v) is 2.97. The first-order valence-corrected chi connectivity index (χ1v) is 5.73. The minimum Gasteiger partial charge on any atom is -0.207 e. The Morgan fingerprint density at radius 1 is 0.895 bits per heavy atom. The van der Waals surface area contributed by atoms with Crippen LogP contribution in [0.1, 0.15) is 16.7 Å². The number of hydrogen-bond acceptors (Lipinski definition) is 0. The fraction of sp³-hybridized carbons (Fsp3) is 0.200. The standard InChI is InChI=1S/C15H12F4/c1-9-3-5-11(6-4-9)12-8-14(16)10(2)7-13(12)15(17,18)19/h3-8H,1-2H3. The Labute approximate surface area is 108 Å². The first-order chi connectivity index (χ1) is 8.79. The summed E-state index contributed by atoms with van der Waals surface area (Å²) in [5.74, 6) is -0.636. The van der Waals surface area contributed by atoms with Crippen molar-refractivity contribution in [3.05, 3.63) is 58.9 Å². The first kappa shape index (κ1) is 13.6. The molecule has 0 atom stereocenters. The molecule has 0 N–H and O–H groups in total. The maximum atomic E-state index is 13.5. The van der Waals surface area contributed by atoms with Gasteiger partial charge >= 0.3 is 6.18 Å². The van der Waals surface area contributed by atoms with E-state index >= 15 is 0 Å². The van der Waals surface area contributed by atoms with Crippen molar-refractivity contribution in [2.24, 2.45) is 0 Å². The molecule has 100 valence electrons. The van der Waals surface area contributed by atoms with Crippen molar-refractivity contribution in [2.45, 2.75) is 20.0 Å². The van der Waals surface area contributed by atoms with Gasteiger partial charge in [0.25, 0.3) is 0 Å². The third kappa shape index (κ3) is 2.78. The maximum absolute atomic E-state index is 13.5. The van der Waals surface area contributed by atoms with Crippen LogP contribution in [0, 0.1) is 19.7 Å². The summed E-state index contributed by atoms with van der Waals surface area (Å²) >= 11 is 0. The Hall–Kier alpha value is -1.84. The molecule has 0 saturated heterocycles. The van der Waals surface area contributed by atoms with E-state index in [1.54, 1.807) is 24.3 Å². The molecule has 0 heterocycles. The summed E-state index contributed by atoms with van der Waals surface area (Å²) in [6.45, 7) is 3.16. The lowest BCUT2D eigenvalue weighted by molar-refractivity contribution is -0.137. The zero-order valence-electron chi connectivity index (χ0n) is 10.5. The van der Waals surface area contributed by atoms with E-state index in [2.05, 4.69) is 0 Å². The number of halogens is 4. The molecule has 0 spiro atoms. The topological polar surface area (TPSA) is 0 Å². The van der Waals surface area contributed by atoms with Gasteiger partial charge in [0.15, 0.2) is 0 Å². The largest absolute Gasteiger partial charge is 0.417 e. The molecule has 0 bridgehead atoms. The second kappa shape index (κ2) is 4.68. The Morgan fingerprint density at radius 2 is 1.47 bits per heavy atom. The van der Waals surface area contributed by atoms with Gasteiger partial charge in [-0.1, -0.05) is 29.8 Å². The molecule has 0 radical (unpaired) electrons. The van der Waals surface area contributed by atoms with Crippen molar-refractivity contribution in [3.63, 3.8) is 0 Å². The number of alkyl halides is 3. The predicted octanol–water partition coefficient (Wildman–Crippen LogP) is 5.13. The van der Waals surface area contributed by atoms with Gasteiger partial charge in [0, 0.05) is 0 Å². The Kier molecular flexibility index (Phi) is 3.35. The van der Waals surface area contributed by atoms with Gasteiger partial charge in [0.05, 0.1) is 5.56 Å². The molecule has 0 fully saturated rings. The lowest BCUT2D eigenvalue weighted by Crippen LogP contribution is -2.08. The summed E-state index contributed by atoms with van der Waals surface area (Å²) in [5.41, 5.74) is 0.343. The number of rotatable bonds is 1. The minimum atomic E-state index is -4.50. The summed E-state index contributed by atoms with van der Waals surface area (Å²) in [6.07, 6.45) is -4.50. The number of benzene rings is 2. The van der Waals surface area contributed by atoms with Gasteiger partial charge in [-0.2, -0.15) is 13.2 Å². The monoisotopic (exact) mass is 268 g/mol. The van der Waals surface area contributed by atoms with Crippen LogP contribution in [-0.2, 0) is 6.18 Å². The average Bonchev–Trinajstić information content (AvgIpc) is 2.32. The fourth-order valence-corrected chi connectivity index (χ4v) is 1.89. The maximum Gasteiger partial charge on any atom is 0.417 e. The Morgan fingerprint density at radius 3 is 2.00 bits per heavy atom. The molecule has 0 nitrogen and oxygen atoms in total. The van der Waals surface area contributed by atoms with E-state index < -0.39 is 17.6 Å². The molecular weight excluding hydrogens is 256 g/mol. The number of hydrogen-bond donors (Lipinski definition) is 0. The molecule has 4 heteroatoms. The minimum absolute atomic E-state index is 0.0109. The second-order valence-corrected chi connectivity index (χ2v) is 4.51. The van der Waals surface area contributed by atoms with Crippen LogP contribution >= 0.6 is 0 Å². The SMILES string of the molecule is Cc1ccc(-c2cc(F)c(C)cc2C(F)(F)F)cc1. The van der Waals surface area contributed by atoms with E-state index in [9.17, 15) is 17.6 Å². The lowest BCUT2D eigenvalue weighted by atomic mass is 9.96. The van der Waals surface area contributed by atoms with Gasteiger partial charge in [-0.25, -0.2) is 4.39 Å². The van der Waals surface area contributed by atoms with E-state index in [1.807, 2.05) is 6.92 Å². The molecule has 0 saturated carbocycles. The van der Waals surface area contributed by atoms with Crippen LogP contribution in [-0.4, -0.2) is 0 Å². The smallest absolute Gasteiger partial charge is 0.207 e. The molecule has 0 amide bonds. The van der Waals surface area contributed by atoms with Crippen molar-refractivity contribution in [1.29, 1.82) is 0 Å². The lowest BCUT2D eigenvalue weighted by Gasteiger charge is -2.14. The number of aryl methyl sites for hydroxylation is 2. The first-order valence-electron chi connectivity index (χ1n) is 5.73. The zero-order valence-corrected chi connectivity index (χ0v) is 10.5. The second-order valence-electron chi connectivity index (χ2n) is 4.51. The average molecular weight is 268 g/mol. The highest BCUT2D eigenvalue weighted by Gasteiger charge is 2.34. The molecule has 2 aromatic rings. The van der Waals surface area contributed by atoms with Crippen LogP contribution in [0.3, 0.4) is 0 Å². The summed E-state index contributed by atoms with van der Waals surface area (Å²) < 4.78 is 52.6. The molecule has 0 aromatic heterocycles. The van der Waals surface area contributed by atoms with Gasteiger partial charge in [0.2, 0.25) is 0 Å². The van der Waals surface area contributed by atoms with Crippen LogP contribution < -0.4 is 0 Å². The Bertz CT molecular complexity index is 595. The molecular formula is C15H12F4. The van der Waals surface area contributed by atoms with Gasteiger partial charge in [-0.3, -0.25) is 0 Å². The van der Waals surface area contributed by atoms with Crippen LogP contribution in [0.4, 0.5) is 17.6 Å². The van der Waals surface area contributed by atoms with Crippen LogP contribution in [0.5, 0.6) is 0 Å². The molecule has 0 aliphatic heterocycles. The molecule has 0 unspecified atom stereocenters. The van der Waals surface area contributed by atoms with Crippen LogP contribution in [0.15, 0.2) is 36.4 Å². The Balaban J connectivity index is 2.67. The molecule has 2 aromatic carbocycles. The third-order valence-electron chi connectivity index (χ3n) is 2.97. The highest BCUT2D eigenvalue weighted by Crippen LogP contribution is 2.38. The van der Waals surface area contributed by atoms with Gasteiger partial charge in [-0.05, 0) is 42.7 Å². The molecule has 19 heavy (non-hydrogen) atoms. The summed E-state index contributed by atoms with van der Waals surface area (Å²) in [5, 5.41) is 0. The van der Waals surface area contributed by atoms with Crippen molar-refractivity contribution in [1.82, 2.24) is 0 Å². The van der Waals surface area contributed by atoms with Crippen molar-refractivity contribution in [2.75, 3.05) is 0 Å². The van der Waals surface area contributed by atoms with Crippen molar-refractivity contribution in [3.8, 4) is 11.1 Å². The van der Waals surface area contributed by atoms with E-state index in [0.29, 0.717) is 5.56 Å². The van der Waals surface area contributed by atoms with E-state index in [4.69, 9.17) is 0 Å². The highest BCUT2D eigenvalue weighted by atomic mass is 19.4. The van der Waals surface area contributed by atoms with E-state index in [-0.39, 0.29) is 11.1 Å². The normalized spacial score (nSPS) is 11.7. The quantitative estimate of drug-likeness (QED) is 0.629. The summed E-state index contributed by atoms with van der Waals surface area (Å²) in [6, 6.07) is 8.33. The van der Waals surface area contributed by atoms with E-state index in [1.165, 1.54) is 6.92 Å². The van der Waals surface area contributed by atoms with Crippen molar-refractivity contribution < 1.29 is 17.6 Å². The van der Waals surface area contributed by atoms with Crippen LogP contribution in [0.25, 0.3) is 11.1 Å². The van der Waals surface area contributed by atoms with Gasteiger partial charge < -0.3 is 0 Å². The summed E-state index contributed by atoms with van der Waals surface area (Å²) in [4.78, 5) is 0. The fourth-order valence-electron chi connectivity index (χ4n) is 1.89. The zero-order chi connectivity index (χ0) is 14.2. The van der Waals surface area contributed by atoms with Gasteiger partial charge in [0.1, 0.15) is 5.82 Å². The molecule has 0 aliphatic carbocycles. The van der Waals surface area contributed by atoms with Crippen LogP contribution in [0.2, 0.25) is 0 Å². The molecule has 0 aliphatic rings. The molecule has 2 rings (SSSR count). The van der Waals surface area contributed by atoms with E-state index in [0.717, 1.165) is 17.7 Å². The van der Waals surface area contributed by atoms with Gasteiger partial charge in [-0.15, -0.1) is 0 Å². The van der Waals surface area contributed by atoms with Crippen molar-refractivity contribution >= 4 is 0 Å².